The average Bonchev–Trinajstić information content (AvgIpc) is 3.71. The molecular formula is C28H16N4O2S. The highest BCUT2D eigenvalue weighted by Gasteiger charge is 2.26. The Bertz CT molecular complexity index is 1640. The van der Waals surface area contributed by atoms with Gasteiger partial charge in [-0.05, 0) is 24.3 Å². The summed E-state index contributed by atoms with van der Waals surface area (Å²) >= 11 is 1.15. The van der Waals surface area contributed by atoms with E-state index in [9.17, 15) is 0 Å². The van der Waals surface area contributed by atoms with E-state index in [0.29, 0.717) is 33.6 Å². The minimum Gasteiger partial charge on any atom is -0.464 e. The van der Waals surface area contributed by atoms with E-state index in [1.807, 2.05) is 84.9 Å². The van der Waals surface area contributed by atoms with Crippen LogP contribution in [0.4, 0.5) is 0 Å². The fourth-order valence-electron chi connectivity index (χ4n) is 4.43. The molecule has 0 fully saturated rings. The molecule has 7 heteroatoms. The van der Waals surface area contributed by atoms with Crippen molar-refractivity contribution in [3.8, 4) is 45.2 Å². The first-order valence-corrected chi connectivity index (χ1v) is 11.8. The van der Waals surface area contributed by atoms with Crippen molar-refractivity contribution >= 4 is 33.8 Å². The summed E-state index contributed by atoms with van der Waals surface area (Å²) in [5, 5.41) is 0. The summed E-state index contributed by atoms with van der Waals surface area (Å²) in [5.74, 6) is 1.33. The van der Waals surface area contributed by atoms with Crippen LogP contribution in [0.1, 0.15) is 0 Å². The van der Waals surface area contributed by atoms with Gasteiger partial charge in [0.25, 0.3) is 0 Å². The summed E-state index contributed by atoms with van der Waals surface area (Å²) < 4.78 is 21.0. The summed E-state index contributed by atoms with van der Waals surface area (Å²) in [5.41, 5.74) is 7.85. The second kappa shape index (κ2) is 8.00. The number of benzene rings is 3. The molecule has 0 N–H and O–H groups in total. The molecule has 7 rings (SSSR count). The summed E-state index contributed by atoms with van der Waals surface area (Å²) in [6, 6.07) is 27.7. The van der Waals surface area contributed by atoms with E-state index in [0.717, 1.165) is 45.4 Å². The Balaban J connectivity index is 1.70. The number of hydrogen-bond acceptors (Lipinski definition) is 7. The zero-order valence-corrected chi connectivity index (χ0v) is 19.1. The van der Waals surface area contributed by atoms with Crippen LogP contribution in [0, 0.1) is 0 Å². The van der Waals surface area contributed by atoms with E-state index >= 15 is 0 Å². The van der Waals surface area contributed by atoms with Crippen LogP contribution >= 0.6 is 11.7 Å². The van der Waals surface area contributed by atoms with Crippen LogP contribution in [0.25, 0.3) is 67.2 Å². The van der Waals surface area contributed by atoms with Gasteiger partial charge in [-0.3, -0.25) is 0 Å². The van der Waals surface area contributed by atoms with E-state index in [1.54, 1.807) is 12.5 Å². The molecule has 0 saturated carbocycles. The van der Waals surface area contributed by atoms with Crippen LogP contribution in [0.15, 0.2) is 106 Å². The monoisotopic (exact) mass is 472 g/mol. The molecule has 0 aliphatic heterocycles. The van der Waals surface area contributed by atoms with Crippen molar-refractivity contribution in [1.82, 2.24) is 18.7 Å². The van der Waals surface area contributed by atoms with Crippen molar-refractivity contribution < 1.29 is 8.83 Å². The van der Waals surface area contributed by atoms with Crippen LogP contribution in [-0.2, 0) is 0 Å². The van der Waals surface area contributed by atoms with Crippen LogP contribution in [0.2, 0.25) is 0 Å². The molecular weight excluding hydrogens is 456 g/mol. The van der Waals surface area contributed by atoms with Crippen LogP contribution in [0.5, 0.6) is 0 Å². The first kappa shape index (κ1) is 19.8. The molecule has 0 bridgehead atoms. The number of rotatable bonds is 4. The predicted octanol–water partition coefficient (Wildman–Crippen LogP) is 7.49. The highest BCUT2D eigenvalue weighted by atomic mass is 32.1. The maximum Gasteiger partial charge on any atom is 0.138 e. The van der Waals surface area contributed by atoms with E-state index in [4.69, 9.17) is 18.8 Å². The van der Waals surface area contributed by atoms with E-state index in [1.165, 1.54) is 0 Å². The molecule has 4 heterocycles. The molecule has 35 heavy (non-hydrogen) atoms. The first-order valence-electron chi connectivity index (χ1n) is 11.1. The Morgan fingerprint density at radius 2 is 0.943 bits per heavy atom. The van der Waals surface area contributed by atoms with Crippen LogP contribution in [-0.4, -0.2) is 18.7 Å². The topological polar surface area (TPSA) is 77.8 Å². The van der Waals surface area contributed by atoms with Gasteiger partial charge in [-0.25, -0.2) is 9.97 Å². The lowest BCUT2D eigenvalue weighted by Crippen LogP contribution is -1.99. The average molecular weight is 473 g/mol. The molecule has 7 aromatic rings. The molecule has 0 radical (unpaired) electrons. The predicted molar refractivity (Wildman–Crippen MR) is 137 cm³/mol. The smallest absolute Gasteiger partial charge is 0.138 e. The molecule has 166 valence electrons. The molecule has 0 amide bonds. The maximum absolute atomic E-state index is 5.84. The SMILES string of the molecule is c1ccc(-c2nc3c(-c4ccco4)c4nsnc4c(-c4ccco4)c3nc2-c2ccccc2)cc1. The van der Waals surface area contributed by atoms with Crippen molar-refractivity contribution in [1.29, 1.82) is 0 Å². The highest BCUT2D eigenvalue weighted by Crippen LogP contribution is 2.43. The van der Waals surface area contributed by atoms with E-state index in [-0.39, 0.29) is 0 Å². The number of nitrogens with zero attached hydrogens (tertiary/aromatic N) is 4. The number of hydrogen-bond donors (Lipinski definition) is 0. The highest BCUT2D eigenvalue weighted by molar-refractivity contribution is 7.00. The molecule has 6 nitrogen and oxygen atoms in total. The number of aromatic nitrogens is 4. The summed E-state index contributed by atoms with van der Waals surface area (Å²) in [6.07, 6.45) is 3.30. The fourth-order valence-corrected chi connectivity index (χ4v) is 4.99. The molecule has 0 aliphatic carbocycles. The Morgan fingerprint density at radius 1 is 0.486 bits per heavy atom. The zero-order chi connectivity index (χ0) is 23.2. The Hall–Kier alpha value is -4.62. The normalized spacial score (nSPS) is 11.4. The van der Waals surface area contributed by atoms with Crippen molar-refractivity contribution in [2.24, 2.45) is 0 Å². The van der Waals surface area contributed by atoms with Gasteiger partial charge in [-0.2, -0.15) is 8.75 Å². The third-order valence-corrected chi connectivity index (χ3v) is 6.49. The largest absolute Gasteiger partial charge is 0.464 e. The van der Waals surface area contributed by atoms with Gasteiger partial charge in [0, 0.05) is 11.1 Å². The summed E-state index contributed by atoms with van der Waals surface area (Å²) in [7, 11) is 0. The van der Waals surface area contributed by atoms with Crippen LogP contribution < -0.4 is 0 Å². The molecule has 0 unspecified atom stereocenters. The second-order valence-corrected chi connectivity index (χ2v) is 8.54. The van der Waals surface area contributed by atoms with Crippen molar-refractivity contribution in [2.75, 3.05) is 0 Å². The lowest BCUT2D eigenvalue weighted by Gasteiger charge is -2.14. The van der Waals surface area contributed by atoms with Crippen LogP contribution in [0.3, 0.4) is 0 Å². The quantitative estimate of drug-likeness (QED) is 0.264. The summed E-state index contributed by atoms with van der Waals surface area (Å²) in [6.45, 7) is 0. The molecule has 0 aliphatic rings. The fraction of sp³-hybridized carbons (Fsp3) is 0. The third kappa shape index (κ3) is 3.17. The van der Waals surface area contributed by atoms with Crippen molar-refractivity contribution in [2.45, 2.75) is 0 Å². The van der Waals surface area contributed by atoms with Gasteiger partial charge in [-0.1, -0.05) is 60.7 Å². The molecule has 0 saturated heterocycles. The minimum atomic E-state index is 0.666. The number of fused-ring (bicyclic) bond motifs is 2. The van der Waals surface area contributed by atoms with Gasteiger partial charge < -0.3 is 8.83 Å². The second-order valence-electron chi connectivity index (χ2n) is 8.02. The molecule has 0 atom stereocenters. The van der Waals surface area contributed by atoms with Gasteiger partial charge in [-0.15, -0.1) is 0 Å². The van der Waals surface area contributed by atoms with Gasteiger partial charge in [0.05, 0.1) is 46.8 Å². The van der Waals surface area contributed by atoms with E-state index in [2.05, 4.69) is 8.75 Å². The Morgan fingerprint density at radius 3 is 1.34 bits per heavy atom. The first-order chi connectivity index (χ1) is 17.4. The molecule has 0 spiro atoms. The molecule has 4 aromatic heterocycles. The lowest BCUT2D eigenvalue weighted by molar-refractivity contribution is 0.582. The maximum atomic E-state index is 5.84. The van der Waals surface area contributed by atoms with Gasteiger partial charge in [0.2, 0.25) is 0 Å². The Labute approximate surface area is 203 Å². The summed E-state index contributed by atoms with van der Waals surface area (Å²) in [4.78, 5) is 10.5. The lowest BCUT2D eigenvalue weighted by atomic mass is 9.98. The van der Waals surface area contributed by atoms with Crippen molar-refractivity contribution in [3.63, 3.8) is 0 Å². The zero-order valence-electron chi connectivity index (χ0n) is 18.3. The van der Waals surface area contributed by atoms with Gasteiger partial charge >= 0.3 is 0 Å². The molecule has 3 aromatic carbocycles. The standard InChI is InChI=1S/C28H16N4O2S/c1-3-9-17(10-4-1)23-24(18-11-5-2-6-12-18)30-26-22(20-14-8-16-34-20)28-27(31-35-32-28)21(25(26)29-23)19-13-7-15-33-19/h1-16H. The number of furan rings is 2. The Kier molecular flexibility index (Phi) is 4.53. The third-order valence-electron chi connectivity index (χ3n) is 5.96. The van der Waals surface area contributed by atoms with Crippen molar-refractivity contribution in [3.05, 3.63) is 97.5 Å². The van der Waals surface area contributed by atoms with E-state index < -0.39 is 0 Å². The minimum absolute atomic E-state index is 0.666. The van der Waals surface area contributed by atoms with Gasteiger partial charge in [0.15, 0.2) is 0 Å². The van der Waals surface area contributed by atoms with Gasteiger partial charge in [0.1, 0.15) is 33.6 Å².